The summed E-state index contributed by atoms with van der Waals surface area (Å²) >= 11 is 0. The lowest BCUT2D eigenvalue weighted by Crippen LogP contribution is -2.36. The maximum Gasteiger partial charge on any atom is 0.270 e. The van der Waals surface area contributed by atoms with Gasteiger partial charge in [-0.3, -0.25) is 19.7 Å². The van der Waals surface area contributed by atoms with Gasteiger partial charge in [0.1, 0.15) is 0 Å². The van der Waals surface area contributed by atoms with Crippen LogP contribution in [0.1, 0.15) is 30.9 Å². The Balaban J connectivity index is 1.73. The van der Waals surface area contributed by atoms with Crippen LogP contribution in [-0.2, 0) is 9.59 Å². The summed E-state index contributed by atoms with van der Waals surface area (Å²) in [7, 11) is 3.94. The van der Waals surface area contributed by atoms with Gasteiger partial charge in [-0.15, -0.1) is 0 Å². The van der Waals surface area contributed by atoms with Crippen molar-refractivity contribution in [2.75, 3.05) is 42.7 Å². The number of hydrogen-bond donors (Lipinski definition) is 2. The minimum atomic E-state index is -0.475. The standard InChI is InChI=1S/C29H31N5O4/c1-4-8-26(35)33(18-17-32(2)3)22-13-11-21(12-14-22)30-28(20-9-6-5-7-10-20)27-24-19-23(34(37)38)15-16-25(24)31-29(27)36/h5-7,9-16,19,30H,4,8,17-18H2,1-3H3,(H,31,36). The van der Waals surface area contributed by atoms with Gasteiger partial charge in [-0.1, -0.05) is 37.3 Å². The lowest BCUT2D eigenvalue weighted by Gasteiger charge is -2.25. The molecule has 1 heterocycles. The quantitative estimate of drug-likeness (QED) is 0.219. The van der Waals surface area contributed by atoms with E-state index in [2.05, 4.69) is 10.6 Å². The minimum Gasteiger partial charge on any atom is -0.354 e. The van der Waals surface area contributed by atoms with Gasteiger partial charge in [0.25, 0.3) is 11.6 Å². The Morgan fingerprint density at radius 3 is 2.34 bits per heavy atom. The Labute approximate surface area is 221 Å². The monoisotopic (exact) mass is 513 g/mol. The number of likely N-dealkylation sites (N-methyl/N-ethyl adjacent to an activating group) is 1. The Kier molecular flexibility index (Phi) is 8.18. The van der Waals surface area contributed by atoms with E-state index < -0.39 is 4.92 Å². The van der Waals surface area contributed by atoms with E-state index in [1.54, 1.807) is 11.0 Å². The van der Waals surface area contributed by atoms with Crippen LogP contribution in [0.3, 0.4) is 0 Å². The van der Waals surface area contributed by atoms with E-state index >= 15 is 0 Å². The molecule has 0 spiro atoms. The minimum absolute atomic E-state index is 0.0722. The van der Waals surface area contributed by atoms with E-state index in [9.17, 15) is 19.7 Å². The van der Waals surface area contributed by atoms with E-state index in [0.717, 1.165) is 24.2 Å². The summed E-state index contributed by atoms with van der Waals surface area (Å²) < 4.78 is 0. The van der Waals surface area contributed by atoms with Crippen LogP contribution in [-0.4, -0.2) is 48.8 Å². The smallest absolute Gasteiger partial charge is 0.270 e. The van der Waals surface area contributed by atoms with Crippen molar-refractivity contribution in [3.63, 3.8) is 0 Å². The highest BCUT2D eigenvalue weighted by Gasteiger charge is 2.30. The molecule has 0 aliphatic carbocycles. The number of amides is 2. The molecule has 0 fully saturated rings. The van der Waals surface area contributed by atoms with E-state index in [-0.39, 0.29) is 17.5 Å². The fourth-order valence-corrected chi connectivity index (χ4v) is 4.32. The average Bonchev–Trinajstić information content (AvgIpc) is 3.23. The molecule has 0 unspecified atom stereocenters. The first-order chi connectivity index (χ1) is 18.3. The molecule has 0 saturated heterocycles. The molecule has 2 amide bonds. The molecule has 0 saturated carbocycles. The summed E-state index contributed by atoms with van der Waals surface area (Å²) in [5.74, 6) is -0.272. The number of nitro benzene ring substituents is 1. The summed E-state index contributed by atoms with van der Waals surface area (Å²) in [5, 5.41) is 17.6. The third-order valence-corrected chi connectivity index (χ3v) is 6.26. The summed E-state index contributed by atoms with van der Waals surface area (Å²) in [4.78, 5) is 40.7. The largest absolute Gasteiger partial charge is 0.354 e. The van der Waals surface area contributed by atoms with Gasteiger partial charge in [-0.05, 0) is 56.4 Å². The zero-order valence-electron chi connectivity index (χ0n) is 21.7. The molecule has 4 rings (SSSR count). The number of carbonyl (C=O) groups excluding carboxylic acids is 2. The Morgan fingerprint density at radius 2 is 1.71 bits per heavy atom. The van der Waals surface area contributed by atoms with Gasteiger partial charge in [-0.25, -0.2) is 0 Å². The number of carbonyl (C=O) groups is 2. The number of anilines is 3. The van der Waals surface area contributed by atoms with E-state index in [4.69, 9.17) is 0 Å². The van der Waals surface area contributed by atoms with Crippen molar-refractivity contribution in [1.82, 2.24) is 4.90 Å². The molecular weight excluding hydrogens is 482 g/mol. The molecule has 0 bridgehead atoms. The number of fused-ring (bicyclic) bond motifs is 1. The molecule has 196 valence electrons. The van der Waals surface area contributed by atoms with Gasteiger partial charge in [0.2, 0.25) is 5.91 Å². The van der Waals surface area contributed by atoms with Gasteiger partial charge in [0.05, 0.1) is 16.2 Å². The van der Waals surface area contributed by atoms with Crippen molar-refractivity contribution in [1.29, 1.82) is 0 Å². The zero-order chi connectivity index (χ0) is 27.2. The lowest BCUT2D eigenvalue weighted by atomic mass is 9.99. The number of benzene rings is 3. The Morgan fingerprint density at radius 1 is 1.00 bits per heavy atom. The van der Waals surface area contributed by atoms with Gasteiger partial charge >= 0.3 is 0 Å². The number of non-ortho nitro benzene ring substituents is 1. The maximum atomic E-state index is 13.1. The normalized spacial score (nSPS) is 13.6. The van der Waals surface area contributed by atoms with Crippen LogP contribution in [0.5, 0.6) is 0 Å². The first-order valence-electron chi connectivity index (χ1n) is 12.5. The Bertz CT molecular complexity index is 1370. The highest BCUT2D eigenvalue weighted by Crippen LogP contribution is 2.39. The van der Waals surface area contributed by atoms with Crippen molar-refractivity contribution in [3.8, 4) is 0 Å². The SMILES string of the molecule is CCCC(=O)N(CCN(C)C)c1ccc(NC(=C2C(=O)Nc3ccc([N+](=O)[O-])cc32)c2ccccc2)cc1. The molecular formula is C29H31N5O4. The maximum absolute atomic E-state index is 13.1. The third-order valence-electron chi connectivity index (χ3n) is 6.26. The summed E-state index contributed by atoms with van der Waals surface area (Å²) in [5.41, 5.74) is 4.01. The fraction of sp³-hybridized carbons (Fsp3) is 0.241. The van der Waals surface area contributed by atoms with Crippen LogP contribution in [0.25, 0.3) is 11.3 Å². The summed E-state index contributed by atoms with van der Waals surface area (Å²) in [6, 6.07) is 21.2. The van der Waals surface area contributed by atoms with Crippen LogP contribution >= 0.6 is 0 Å². The molecule has 0 radical (unpaired) electrons. The van der Waals surface area contributed by atoms with Crippen LogP contribution in [0, 0.1) is 10.1 Å². The number of hydrogen-bond acceptors (Lipinski definition) is 6. The van der Waals surface area contributed by atoms with E-state index in [0.29, 0.717) is 41.2 Å². The second-order valence-corrected chi connectivity index (χ2v) is 9.33. The average molecular weight is 514 g/mol. The van der Waals surface area contributed by atoms with Crippen LogP contribution in [0.2, 0.25) is 0 Å². The molecule has 2 N–H and O–H groups in total. The van der Waals surface area contributed by atoms with E-state index in [1.807, 2.05) is 80.5 Å². The third kappa shape index (κ3) is 5.90. The second-order valence-electron chi connectivity index (χ2n) is 9.33. The molecule has 9 heteroatoms. The molecule has 9 nitrogen and oxygen atoms in total. The van der Waals surface area contributed by atoms with E-state index in [1.165, 1.54) is 12.1 Å². The Hall–Kier alpha value is -4.50. The predicted molar refractivity (Wildman–Crippen MR) is 151 cm³/mol. The molecule has 1 aliphatic heterocycles. The lowest BCUT2D eigenvalue weighted by molar-refractivity contribution is -0.384. The number of rotatable bonds is 10. The number of nitro groups is 1. The molecule has 0 aromatic heterocycles. The highest BCUT2D eigenvalue weighted by molar-refractivity contribution is 6.37. The first-order valence-corrected chi connectivity index (χ1v) is 12.5. The molecule has 3 aromatic carbocycles. The van der Waals surface area contributed by atoms with Crippen molar-refractivity contribution in [2.45, 2.75) is 19.8 Å². The van der Waals surface area contributed by atoms with Gasteiger partial charge in [-0.2, -0.15) is 0 Å². The van der Waals surface area contributed by atoms with Crippen LogP contribution in [0.15, 0.2) is 72.8 Å². The molecule has 38 heavy (non-hydrogen) atoms. The van der Waals surface area contributed by atoms with Crippen molar-refractivity contribution < 1.29 is 14.5 Å². The molecule has 0 atom stereocenters. The first kappa shape index (κ1) is 26.6. The predicted octanol–water partition coefficient (Wildman–Crippen LogP) is 5.22. The van der Waals surface area contributed by atoms with Crippen molar-refractivity contribution >= 4 is 45.8 Å². The summed E-state index contributed by atoms with van der Waals surface area (Å²) in [6.45, 7) is 3.30. The molecule has 1 aliphatic rings. The highest BCUT2D eigenvalue weighted by atomic mass is 16.6. The van der Waals surface area contributed by atoms with Crippen LogP contribution in [0.4, 0.5) is 22.7 Å². The summed E-state index contributed by atoms with van der Waals surface area (Å²) in [6.07, 6.45) is 1.24. The fourth-order valence-electron chi connectivity index (χ4n) is 4.32. The van der Waals surface area contributed by atoms with Crippen molar-refractivity contribution in [2.24, 2.45) is 0 Å². The second kappa shape index (κ2) is 11.7. The molecule has 3 aromatic rings. The van der Waals surface area contributed by atoms with Crippen LogP contribution < -0.4 is 15.5 Å². The topological polar surface area (TPSA) is 108 Å². The van der Waals surface area contributed by atoms with Crippen molar-refractivity contribution in [3.05, 3.63) is 94.0 Å². The van der Waals surface area contributed by atoms with Gasteiger partial charge < -0.3 is 20.4 Å². The number of nitrogens with one attached hydrogen (secondary N) is 2. The van der Waals surface area contributed by atoms with Gasteiger partial charge in [0, 0.05) is 54.3 Å². The van der Waals surface area contributed by atoms with Gasteiger partial charge in [0.15, 0.2) is 0 Å². The zero-order valence-corrected chi connectivity index (χ0v) is 21.7. The number of nitrogens with zero attached hydrogens (tertiary/aromatic N) is 3.